The topological polar surface area (TPSA) is 77.5 Å². The van der Waals surface area contributed by atoms with Gasteiger partial charge in [-0.25, -0.2) is 0 Å². The van der Waals surface area contributed by atoms with Crippen molar-refractivity contribution in [3.8, 4) is 0 Å². The van der Waals surface area contributed by atoms with Crippen molar-refractivity contribution in [1.29, 1.82) is 0 Å². The molecule has 3 fully saturated rings. The third-order valence-electron chi connectivity index (χ3n) is 5.37. The van der Waals surface area contributed by atoms with Gasteiger partial charge in [0.15, 0.2) is 0 Å². The molecule has 2 aliphatic carbocycles. The zero-order chi connectivity index (χ0) is 18.4. The summed E-state index contributed by atoms with van der Waals surface area (Å²) in [6, 6.07) is 0. The van der Waals surface area contributed by atoms with Crippen molar-refractivity contribution in [2.24, 2.45) is 35.5 Å². The van der Waals surface area contributed by atoms with E-state index >= 15 is 0 Å². The summed E-state index contributed by atoms with van der Waals surface area (Å²) in [6.07, 6.45) is 4.39. The summed E-state index contributed by atoms with van der Waals surface area (Å²) in [6.45, 7) is 9.85. The average molecular weight is 338 g/mol. The molecule has 0 aromatic carbocycles. The Morgan fingerprint density at radius 1 is 1.04 bits per heavy atom. The van der Waals surface area contributed by atoms with Crippen molar-refractivity contribution in [2.75, 3.05) is 0 Å². The molecule has 1 aliphatic heterocycles. The van der Waals surface area contributed by atoms with Gasteiger partial charge in [0.25, 0.3) is 0 Å². The van der Waals surface area contributed by atoms with Crippen LogP contribution in [0.3, 0.4) is 0 Å². The van der Waals surface area contributed by atoms with Crippen molar-refractivity contribution in [2.45, 2.75) is 60.3 Å². The molecule has 2 saturated carbocycles. The Labute approximate surface area is 144 Å². The van der Waals surface area contributed by atoms with E-state index in [2.05, 4.69) is 13.8 Å². The predicted molar refractivity (Wildman–Crippen MR) is 89.9 cm³/mol. The molecule has 1 saturated heterocycles. The minimum atomic E-state index is -0.514. The fourth-order valence-corrected chi connectivity index (χ4v) is 4.20. The number of cyclic esters (lactones) is 2. The summed E-state index contributed by atoms with van der Waals surface area (Å²) in [7, 11) is 0. The molecule has 24 heavy (non-hydrogen) atoms. The number of carbonyl (C=O) groups excluding carboxylic acids is 4. The smallest absolute Gasteiger partial charge is 0.316 e. The summed E-state index contributed by atoms with van der Waals surface area (Å²) in [5.41, 5.74) is 0. The van der Waals surface area contributed by atoms with Crippen molar-refractivity contribution >= 4 is 24.0 Å². The molecule has 5 nitrogen and oxygen atoms in total. The maximum absolute atomic E-state index is 11.7. The summed E-state index contributed by atoms with van der Waals surface area (Å²) in [4.78, 5) is 46.2. The van der Waals surface area contributed by atoms with Gasteiger partial charge in [0.05, 0.1) is 11.8 Å². The number of rotatable bonds is 3. The molecule has 2 bridgehead atoms. The molecule has 6 unspecified atom stereocenters. The lowest BCUT2D eigenvalue weighted by Crippen LogP contribution is -2.33. The van der Waals surface area contributed by atoms with E-state index in [-0.39, 0.29) is 41.3 Å². The molecule has 3 aliphatic rings. The normalized spacial score (nSPS) is 35.7. The third kappa shape index (κ3) is 3.76. The molecule has 136 valence electrons. The van der Waals surface area contributed by atoms with Crippen LogP contribution in [0.5, 0.6) is 0 Å². The fraction of sp³-hybridized carbons (Fsp3) is 0.789. The Balaban J connectivity index is 0.000000423. The van der Waals surface area contributed by atoms with Crippen LogP contribution in [0, 0.1) is 35.5 Å². The van der Waals surface area contributed by atoms with Crippen LogP contribution in [0.4, 0.5) is 0 Å². The van der Waals surface area contributed by atoms with E-state index in [9.17, 15) is 19.2 Å². The van der Waals surface area contributed by atoms with E-state index in [0.29, 0.717) is 12.8 Å². The quantitative estimate of drug-likeness (QED) is 0.449. The number of hydrogen-bond acceptors (Lipinski definition) is 5. The number of Topliss-reactive ketones (excluding diaryl/α,β-unsaturated/α-hetero) is 1. The lowest BCUT2D eigenvalue weighted by Gasteiger charge is -2.22. The van der Waals surface area contributed by atoms with Crippen molar-refractivity contribution in [3.05, 3.63) is 0 Å². The summed E-state index contributed by atoms with van der Waals surface area (Å²) in [5.74, 6) is -2.71. The van der Waals surface area contributed by atoms with E-state index in [1.165, 1.54) is 19.8 Å². The van der Waals surface area contributed by atoms with Crippen LogP contribution in [0.15, 0.2) is 0 Å². The van der Waals surface area contributed by atoms with Crippen LogP contribution in [-0.4, -0.2) is 24.0 Å². The first-order chi connectivity index (χ1) is 11.5. The maximum atomic E-state index is 11.7. The number of ether oxygens (including phenoxy) is 1. The van der Waals surface area contributed by atoms with E-state index in [1.807, 2.05) is 13.8 Å². The van der Waals surface area contributed by atoms with Gasteiger partial charge >= 0.3 is 11.9 Å². The second-order valence-corrected chi connectivity index (χ2v) is 6.60. The second kappa shape index (κ2) is 9.09. The van der Waals surface area contributed by atoms with Crippen LogP contribution in [0.2, 0.25) is 0 Å². The zero-order valence-electron chi connectivity index (χ0n) is 15.4. The second-order valence-electron chi connectivity index (χ2n) is 6.60. The van der Waals surface area contributed by atoms with Gasteiger partial charge in [-0.2, -0.15) is 0 Å². The number of hydrogen-bond donors (Lipinski definition) is 0. The first-order valence-corrected chi connectivity index (χ1v) is 9.17. The molecule has 0 amide bonds. The van der Waals surface area contributed by atoms with Crippen LogP contribution >= 0.6 is 0 Å². The monoisotopic (exact) mass is 338 g/mol. The first-order valence-electron chi connectivity index (χ1n) is 9.17. The van der Waals surface area contributed by atoms with Crippen molar-refractivity contribution < 1.29 is 23.9 Å². The lowest BCUT2D eigenvalue weighted by molar-refractivity contribution is -0.169. The van der Waals surface area contributed by atoms with E-state index < -0.39 is 11.9 Å². The van der Waals surface area contributed by atoms with Crippen LogP contribution in [0.25, 0.3) is 0 Å². The maximum Gasteiger partial charge on any atom is 0.316 e. The Morgan fingerprint density at radius 2 is 1.54 bits per heavy atom. The molecule has 3 rings (SSSR count). The van der Waals surface area contributed by atoms with Gasteiger partial charge < -0.3 is 9.53 Å². The number of esters is 2. The summed E-state index contributed by atoms with van der Waals surface area (Å²) in [5, 5.41) is 0. The van der Waals surface area contributed by atoms with Gasteiger partial charge in [-0.15, -0.1) is 0 Å². The number of aldehydes is 1. The Bertz CT molecular complexity index is 478. The van der Waals surface area contributed by atoms with E-state index in [4.69, 9.17) is 4.74 Å². The van der Waals surface area contributed by atoms with E-state index in [1.54, 1.807) is 0 Å². The Morgan fingerprint density at radius 3 is 1.96 bits per heavy atom. The van der Waals surface area contributed by atoms with Crippen LogP contribution in [-0.2, 0) is 23.9 Å². The molecule has 1 heterocycles. The van der Waals surface area contributed by atoms with Crippen LogP contribution in [0.1, 0.15) is 60.3 Å². The molecule has 0 radical (unpaired) electrons. The molecule has 5 heteroatoms. The number of fused-ring (bicyclic) bond motifs is 5. The lowest BCUT2D eigenvalue weighted by atomic mass is 9.82. The van der Waals surface area contributed by atoms with Gasteiger partial charge in [0, 0.05) is 11.8 Å². The van der Waals surface area contributed by atoms with Gasteiger partial charge in [-0.1, -0.05) is 40.5 Å². The number of carbonyl (C=O) groups is 4. The highest BCUT2D eigenvalue weighted by molar-refractivity contribution is 5.94. The van der Waals surface area contributed by atoms with Gasteiger partial charge in [-0.3, -0.25) is 14.4 Å². The SMILES string of the molecule is CC.CC(=O)C1CC(C=O)C2C3CC(C(=O)OC3=O)C12.CCCC. The highest BCUT2D eigenvalue weighted by Gasteiger charge is 2.63. The first kappa shape index (κ1) is 20.5. The fourth-order valence-electron chi connectivity index (χ4n) is 4.20. The minimum absolute atomic E-state index is 0.00199. The molecule has 0 aromatic rings. The standard InChI is InChI=1S/C13H14O5.C4H10.C2H6/c1-5(15)7-2-6(4-14)10-8-3-9(11(7)10)13(17)18-12(8)16;1-3-4-2;1-2/h4,6-11H,2-3H2,1H3;3-4H2,1-2H3;1-2H3. The molecular formula is C19H30O5. The number of ketones is 1. The minimum Gasteiger partial charge on any atom is -0.393 e. The molecule has 6 atom stereocenters. The molecule has 0 N–H and O–H groups in total. The van der Waals surface area contributed by atoms with Gasteiger partial charge in [0.1, 0.15) is 12.1 Å². The zero-order valence-corrected chi connectivity index (χ0v) is 15.4. The predicted octanol–water partition coefficient (Wildman–Crippen LogP) is 3.19. The van der Waals surface area contributed by atoms with Gasteiger partial charge in [-0.05, 0) is 31.6 Å². The summed E-state index contributed by atoms with van der Waals surface area (Å²) < 4.78 is 4.73. The Hall–Kier alpha value is -1.52. The largest absolute Gasteiger partial charge is 0.393 e. The number of unbranched alkanes of at least 4 members (excludes halogenated alkanes) is 1. The van der Waals surface area contributed by atoms with Crippen molar-refractivity contribution in [1.82, 2.24) is 0 Å². The third-order valence-corrected chi connectivity index (χ3v) is 5.37. The van der Waals surface area contributed by atoms with E-state index in [0.717, 1.165) is 6.29 Å². The van der Waals surface area contributed by atoms with Crippen molar-refractivity contribution in [3.63, 3.8) is 0 Å². The van der Waals surface area contributed by atoms with Crippen LogP contribution < -0.4 is 0 Å². The molecule has 0 aromatic heterocycles. The highest BCUT2D eigenvalue weighted by atomic mass is 16.6. The average Bonchev–Trinajstić information content (AvgIpc) is 3.12. The summed E-state index contributed by atoms with van der Waals surface area (Å²) >= 11 is 0. The van der Waals surface area contributed by atoms with Gasteiger partial charge in [0.2, 0.25) is 0 Å². The molecule has 0 spiro atoms. The Kier molecular flexibility index (Phi) is 7.77. The molecular weight excluding hydrogens is 308 g/mol. The highest BCUT2D eigenvalue weighted by Crippen LogP contribution is 2.58.